The average Bonchev–Trinajstić information content (AvgIpc) is 3.26. The number of aromatic nitrogens is 2. The molecule has 0 spiro atoms. The summed E-state index contributed by atoms with van der Waals surface area (Å²) < 4.78 is 7.56. The fourth-order valence-electron chi connectivity index (χ4n) is 3.67. The van der Waals surface area contributed by atoms with Crippen LogP contribution in [-0.2, 0) is 30.5 Å². The van der Waals surface area contributed by atoms with E-state index in [2.05, 4.69) is 12.1 Å². The number of ether oxygens (including phenoxy) is 1. The molecule has 1 aromatic carbocycles. The number of hydrogen-bond acceptors (Lipinski definition) is 5. The molecule has 0 saturated carbocycles. The second-order valence-electron chi connectivity index (χ2n) is 7.39. The molecule has 1 aliphatic rings. The summed E-state index contributed by atoms with van der Waals surface area (Å²) in [6.07, 6.45) is 4.31. The largest absolute Gasteiger partial charge is 0.378 e. The average molecular weight is 415 g/mol. The fourth-order valence-corrected chi connectivity index (χ4v) is 5.83. The number of rotatable bonds is 8. The van der Waals surface area contributed by atoms with Crippen LogP contribution < -0.4 is 5.56 Å². The van der Waals surface area contributed by atoms with Gasteiger partial charge in [-0.3, -0.25) is 9.36 Å². The van der Waals surface area contributed by atoms with Crippen molar-refractivity contribution in [2.24, 2.45) is 0 Å². The molecule has 4 nitrogen and oxygen atoms in total. The van der Waals surface area contributed by atoms with Crippen LogP contribution >= 0.6 is 23.1 Å². The minimum atomic E-state index is 0.132. The fraction of sp³-hybridized carbons (Fsp3) is 0.455. The third-order valence-electron chi connectivity index (χ3n) is 5.02. The number of fused-ring (bicyclic) bond motifs is 3. The first-order chi connectivity index (χ1) is 13.6. The summed E-state index contributed by atoms with van der Waals surface area (Å²) in [7, 11) is 0. The van der Waals surface area contributed by atoms with Crippen molar-refractivity contribution >= 4 is 33.3 Å². The molecule has 0 unspecified atom stereocenters. The van der Waals surface area contributed by atoms with Gasteiger partial charge >= 0.3 is 0 Å². The molecule has 3 aromatic rings. The second kappa shape index (κ2) is 8.80. The third-order valence-corrected chi connectivity index (χ3v) is 7.15. The van der Waals surface area contributed by atoms with Crippen molar-refractivity contribution in [3.63, 3.8) is 0 Å². The van der Waals surface area contributed by atoms with Crippen LogP contribution in [0.2, 0.25) is 0 Å². The van der Waals surface area contributed by atoms with E-state index >= 15 is 0 Å². The lowest BCUT2D eigenvalue weighted by atomic mass is 10.1. The Morgan fingerprint density at radius 1 is 1.25 bits per heavy atom. The van der Waals surface area contributed by atoms with E-state index in [1.165, 1.54) is 16.0 Å². The molecule has 28 heavy (non-hydrogen) atoms. The number of benzene rings is 1. The van der Waals surface area contributed by atoms with Crippen LogP contribution in [0.25, 0.3) is 10.2 Å². The minimum Gasteiger partial charge on any atom is -0.378 e. The van der Waals surface area contributed by atoms with Gasteiger partial charge in [-0.25, -0.2) is 4.98 Å². The predicted molar refractivity (Wildman–Crippen MR) is 118 cm³/mol. The highest BCUT2D eigenvalue weighted by Crippen LogP contribution is 2.35. The Balaban J connectivity index is 1.65. The van der Waals surface area contributed by atoms with E-state index < -0.39 is 0 Å². The van der Waals surface area contributed by atoms with Gasteiger partial charge in [-0.05, 0) is 50.7 Å². The number of aryl methyl sites for hydroxylation is 3. The molecule has 0 bridgehead atoms. The lowest BCUT2D eigenvalue weighted by Crippen LogP contribution is -2.24. The van der Waals surface area contributed by atoms with Crippen LogP contribution in [0.15, 0.2) is 40.3 Å². The number of thioether (sulfide) groups is 1. The van der Waals surface area contributed by atoms with Gasteiger partial charge in [-0.15, -0.1) is 11.3 Å². The molecule has 0 amide bonds. The van der Waals surface area contributed by atoms with E-state index in [0.717, 1.165) is 46.8 Å². The number of hydrogen-bond donors (Lipinski definition) is 0. The van der Waals surface area contributed by atoms with Crippen molar-refractivity contribution in [1.29, 1.82) is 0 Å². The summed E-state index contributed by atoms with van der Waals surface area (Å²) >= 11 is 3.34. The van der Waals surface area contributed by atoms with Gasteiger partial charge in [-0.2, -0.15) is 0 Å². The number of thiophene rings is 1. The molecule has 0 radical (unpaired) electrons. The lowest BCUT2D eigenvalue weighted by Gasteiger charge is -2.13. The zero-order chi connectivity index (χ0) is 19.5. The maximum absolute atomic E-state index is 13.4. The second-order valence-corrected chi connectivity index (χ2v) is 9.54. The van der Waals surface area contributed by atoms with Crippen molar-refractivity contribution in [3.05, 3.63) is 56.7 Å². The van der Waals surface area contributed by atoms with Crippen LogP contribution in [0.1, 0.15) is 36.3 Å². The molecule has 2 aromatic heterocycles. The lowest BCUT2D eigenvalue weighted by molar-refractivity contribution is 0.0920. The van der Waals surface area contributed by atoms with Crippen molar-refractivity contribution in [3.8, 4) is 0 Å². The normalized spacial score (nSPS) is 13.5. The Bertz CT molecular complexity index is 1010. The molecule has 0 atom stereocenters. The molecule has 0 aliphatic heterocycles. The maximum atomic E-state index is 13.4. The van der Waals surface area contributed by atoms with Gasteiger partial charge in [0.2, 0.25) is 0 Å². The molecule has 0 N–H and O–H groups in total. The molecule has 6 heteroatoms. The van der Waals surface area contributed by atoms with Gasteiger partial charge in [0.25, 0.3) is 5.56 Å². The zero-order valence-corrected chi connectivity index (χ0v) is 18.1. The Labute approximate surface area is 174 Å². The molecule has 0 saturated heterocycles. The molecular formula is C22H26N2O2S2. The monoisotopic (exact) mass is 414 g/mol. The highest BCUT2D eigenvalue weighted by Gasteiger charge is 2.23. The number of nitrogens with zero attached hydrogens (tertiary/aromatic N) is 2. The van der Waals surface area contributed by atoms with E-state index in [4.69, 9.17) is 9.72 Å². The van der Waals surface area contributed by atoms with Gasteiger partial charge in [-0.1, -0.05) is 42.1 Å². The molecule has 0 fully saturated rings. The Hall–Kier alpha value is -1.63. The van der Waals surface area contributed by atoms with E-state index in [-0.39, 0.29) is 11.7 Å². The van der Waals surface area contributed by atoms with Crippen molar-refractivity contribution < 1.29 is 4.74 Å². The third kappa shape index (κ3) is 4.19. The first kappa shape index (κ1) is 19.7. The van der Waals surface area contributed by atoms with Crippen molar-refractivity contribution in [2.45, 2.75) is 57.3 Å². The standard InChI is InChI=1S/C22H26N2O2S2/c1-15(2)26-13-14-27-22-23-20-19(17-9-6-10-18(17)28-20)21(25)24(22)12-11-16-7-4-3-5-8-16/h3-5,7-8,15H,6,9-14H2,1-2H3. The Morgan fingerprint density at radius 2 is 2.07 bits per heavy atom. The van der Waals surface area contributed by atoms with Gasteiger partial charge < -0.3 is 4.74 Å². The summed E-state index contributed by atoms with van der Waals surface area (Å²) in [5, 5.41) is 1.69. The van der Waals surface area contributed by atoms with Crippen molar-refractivity contribution in [2.75, 3.05) is 12.4 Å². The summed E-state index contributed by atoms with van der Waals surface area (Å²) in [5.74, 6) is 0.798. The Kier molecular flexibility index (Phi) is 6.19. The first-order valence-electron chi connectivity index (χ1n) is 9.97. The Morgan fingerprint density at radius 3 is 2.86 bits per heavy atom. The summed E-state index contributed by atoms with van der Waals surface area (Å²) in [6, 6.07) is 10.3. The van der Waals surface area contributed by atoms with Gasteiger partial charge in [0.15, 0.2) is 5.16 Å². The zero-order valence-electron chi connectivity index (χ0n) is 16.4. The van der Waals surface area contributed by atoms with E-state index in [9.17, 15) is 4.79 Å². The highest BCUT2D eigenvalue weighted by atomic mass is 32.2. The molecule has 4 rings (SSSR count). The maximum Gasteiger partial charge on any atom is 0.263 e. The smallest absolute Gasteiger partial charge is 0.263 e. The molecule has 148 valence electrons. The van der Waals surface area contributed by atoms with Gasteiger partial charge in [0.1, 0.15) is 4.83 Å². The van der Waals surface area contributed by atoms with E-state index in [1.807, 2.05) is 36.6 Å². The van der Waals surface area contributed by atoms with Crippen LogP contribution in [0.5, 0.6) is 0 Å². The van der Waals surface area contributed by atoms with Crippen LogP contribution in [0.4, 0.5) is 0 Å². The van der Waals surface area contributed by atoms with Crippen LogP contribution in [-0.4, -0.2) is 28.0 Å². The van der Waals surface area contributed by atoms with Crippen molar-refractivity contribution in [1.82, 2.24) is 9.55 Å². The van der Waals surface area contributed by atoms with Gasteiger partial charge in [0.05, 0.1) is 18.1 Å². The van der Waals surface area contributed by atoms with E-state index in [0.29, 0.717) is 13.2 Å². The topological polar surface area (TPSA) is 44.1 Å². The predicted octanol–water partition coefficient (Wildman–Crippen LogP) is 4.71. The summed E-state index contributed by atoms with van der Waals surface area (Å²) in [5.41, 5.74) is 2.63. The quantitative estimate of drug-likeness (QED) is 0.304. The van der Waals surface area contributed by atoms with E-state index in [1.54, 1.807) is 23.1 Å². The SMILES string of the molecule is CC(C)OCCSc1nc2sc3c(c2c(=O)n1CCc1ccccc1)CCC3. The molecular weight excluding hydrogens is 388 g/mol. The first-order valence-corrected chi connectivity index (χ1v) is 11.8. The minimum absolute atomic E-state index is 0.132. The molecule has 2 heterocycles. The highest BCUT2D eigenvalue weighted by molar-refractivity contribution is 7.99. The summed E-state index contributed by atoms with van der Waals surface area (Å²) in [4.78, 5) is 20.6. The van der Waals surface area contributed by atoms with Crippen LogP contribution in [0, 0.1) is 0 Å². The molecule has 1 aliphatic carbocycles. The van der Waals surface area contributed by atoms with Gasteiger partial charge in [0, 0.05) is 17.2 Å². The summed E-state index contributed by atoms with van der Waals surface area (Å²) in [6.45, 7) is 5.40. The van der Waals surface area contributed by atoms with Crippen LogP contribution in [0.3, 0.4) is 0 Å².